The van der Waals surface area contributed by atoms with Crippen molar-refractivity contribution in [3.63, 3.8) is 0 Å². The Kier molecular flexibility index (Phi) is 4.13. The number of nitriles is 1. The number of hydrogen-bond acceptors (Lipinski definition) is 3. The van der Waals surface area contributed by atoms with Crippen molar-refractivity contribution in [3.05, 3.63) is 33.8 Å². The lowest BCUT2D eigenvalue weighted by atomic mass is 10.0. The Labute approximate surface area is 101 Å². The number of alkyl halides is 1. The van der Waals surface area contributed by atoms with Gasteiger partial charge in [-0.3, -0.25) is 0 Å². The molecule has 5 heteroatoms. The summed E-state index contributed by atoms with van der Waals surface area (Å²) in [6.07, 6.45) is 0. The fraction of sp³-hybridized carbons (Fsp3) is 0.200. The number of benzene rings is 1. The van der Waals surface area contributed by atoms with E-state index in [1.54, 1.807) is 6.07 Å². The van der Waals surface area contributed by atoms with Crippen molar-refractivity contribution in [2.75, 3.05) is 7.11 Å². The fourth-order valence-electron chi connectivity index (χ4n) is 1.20. The highest BCUT2D eigenvalue weighted by atomic mass is 79.9. The standard InChI is InChI=1S/C10H7BrClNO2/c1-15-10(14)9-6(4-11)2-8(12)3-7(9)5-13/h2-3H,4H2,1H3. The minimum atomic E-state index is -0.530. The van der Waals surface area contributed by atoms with E-state index in [0.717, 1.165) is 0 Å². The summed E-state index contributed by atoms with van der Waals surface area (Å²) in [6.45, 7) is 0. The topological polar surface area (TPSA) is 50.1 Å². The third-order valence-electron chi connectivity index (χ3n) is 1.84. The molecule has 0 aliphatic rings. The molecule has 0 aliphatic heterocycles. The van der Waals surface area contributed by atoms with Gasteiger partial charge in [-0.05, 0) is 17.7 Å². The maximum absolute atomic E-state index is 11.4. The van der Waals surface area contributed by atoms with Gasteiger partial charge in [-0.15, -0.1) is 0 Å². The van der Waals surface area contributed by atoms with E-state index in [2.05, 4.69) is 20.7 Å². The Morgan fingerprint density at radius 3 is 2.80 bits per heavy atom. The number of hydrogen-bond donors (Lipinski definition) is 0. The van der Waals surface area contributed by atoms with Crippen molar-refractivity contribution in [1.29, 1.82) is 5.26 Å². The fourth-order valence-corrected chi connectivity index (χ4v) is 1.88. The van der Waals surface area contributed by atoms with Crippen LogP contribution in [0.1, 0.15) is 21.5 Å². The zero-order valence-electron chi connectivity index (χ0n) is 7.88. The van der Waals surface area contributed by atoms with E-state index in [4.69, 9.17) is 16.9 Å². The molecule has 78 valence electrons. The summed E-state index contributed by atoms with van der Waals surface area (Å²) in [5, 5.41) is 9.74. The zero-order valence-corrected chi connectivity index (χ0v) is 10.2. The average molecular weight is 289 g/mol. The maximum atomic E-state index is 11.4. The molecule has 0 aliphatic carbocycles. The van der Waals surface area contributed by atoms with E-state index in [1.807, 2.05) is 6.07 Å². The predicted molar refractivity (Wildman–Crippen MR) is 60.1 cm³/mol. The molecule has 0 bridgehead atoms. The van der Waals surface area contributed by atoms with Crippen LogP contribution in [0.3, 0.4) is 0 Å². The van der Waals surface area contributed by atoms with Crippen LogP contribution in [0.25, 0.3) is 0 Å². The molecule has 0 spiro atoms. The molecule has 0 saturated heterocycles. The summed E-state index contributed by atoms with van der Waals surface area (Å²) >= 11 is 9.03. The number of halogens is 2. The molecule has 0 amide bonds. The monoisotopic (exact) mass is 287 g/mol. The summed E-state index contributed by atoms with van der Waals surface area (Å²) in [7, 11) is 1.27. The Morgan fingerprint density at radius 1 is 1.67 bits per heavy atom. The summed E-state index contributed by atoms with van der Waals surface area (Å²) in [4.78, 5) is 11.4. The van der Waals surface area contributed by atoms with Crippen molar-refractivity contribution in [3.8, 4) is 6.07 Å². The van der Waals surface area contributed by atoms with Gasteiger partial charge in [0, 0.05) is 10.4 Å². The number of nitrogens with zero attached hydrogens (tertiary/aromatic N) is 1. The minimum absolute atomic E-state index is 0.226. The number of methoxy groups -OCH3 is 1. The van der Waals surface area contributed by atoms with Gasteiger partial charge in [0.2, 0.25) is 0 Å². The van der Waals surface area contributed by atoms with E-state index in [1.165, 1.54) is 13.2 Å². The normalized spacial score (nSPS) is 9.47. The third kappa shape index (κ3) is 2.49. The van der Waals surface area contributed by atoms with E-state index in [-0.39, 0.29) is 11.1 Å². The first-order valence-electron chi connectivity index (χ1n) is 4.00. The molecule has 0 unspecified atom stereocenters. The summed E-state index contributed by atoms with van der Waals surface area (Å²) < 4.78 is 4.61. The van der Waals surface area contributed by atoms with Crippen molar-refractivity contribution in [2.45, 2.75) is 5.33 Å². The van der Waals surface area contributed by atoms with Crippen LogP contribution in [0.5, 0.6) is 0 Å². The summed E-state index contributed by atoms with van der Waals surface area (Å²) in [5.41, 5.74) is 1.14. The molecule has 1 aromatic rings. The van der Waals surface area contributed by atoms with Crippen LogP contribution in [-0.4, -0.2) is 13.1 Å². The van der Waals surface area contributed by atoms with Crippen molar-refractivity contribution in [2.24, 2.45) is 0 Å². The van der Waals surface area contributed by atoms with E-state index in [0.29, 0.717) is 15.9 Å². The second-order valence-electron chi connectivity index (χ2n) is 2.72. The molecule has 0 fully saturated rings. The Hall–Kier alpha value is -1.05. The molecule has 1 aromatic carbocycles. The SMILES string of the molecule is COC(=O)c1c(C#N)cc(Cl)cc1CBr. The summed E-state index contributed by atoms with van der Waals surface area (Å²) in [5.74, 6) is -0.530. The molecule has 0 atom stereocenters. The van der Waals surface area contributed by atoms with Gasteiger partial charge < -0.3 is 4.74 Å². The molecular weight excluding hydrogens is 281 g/mol. The molecule has 0 heterocycles. The van der Waals surface area contributed by atoms with E-state index in [9.17, 15) is 4.79 Å². The van der Waals surface area contributed by atoms with Crippen LogP contribution < -0.4 is 0 Å². The van der Waals surface area contributed by atoms with Gasteiger partial charge in [0.15, 0.2) is 0 Å². The highest BCUT2D eigenvalue weighted by Crippen LogP contribution is 2.23. The van der Waals surface area contributed by atoms with Crippen LogP contribution >= 0.6 is 27.5 Å². The van der Waals surface area contributed by atoms with Crippen molar-refractivity contribution >= 4 is 33.5 Å². The number of ether oxygens (including phenoxy) is 1. The molecule has 0 saturated carbocycles. The maximum Gasteiger partial charge on any atom is 0.339 e. The molecular formula is C10H7BrClNO2. The first-order chi connectivity index (χ1) is 7.13. The van der Waals surface area contributed by atoms with Gasteiger partial charge in [0.25, 0.3) is 0 Å². The van der Waals surface area contributed by atoms with Gasteiger partial charge in [0.1, 0.15) is 6.07 Å². The lowest BCUT2D eigenvalue weighted by Gasteiger charge is -2.07. The van der Waals surface area contributed by atoms with Crippen LogP contribution in [-0.2, 0) is 10.1 Å². The van der Waals surface area contributed by atoms with E-state index >= 15 is 0 Å². The lowest BCUT2D eigenvalue weighted by Crippen LogP contribution is -2.07. The van der Waals surface area contributed by atoms with Crippen LogP contribution in [0.2, 0.25) is 5.02 Å². The Bertz CT molecular complexity index is 440. The number of rotatable bonds is 2. The van der Waals surface area contributed by atoms with Crippen LogP contribution in [0, 0.1) is 11.3 Å². The Morgan fingerprint density at radius 2 is 2.33 bits per heavy atom. The lowest BCUT2D eigenvalue weighted by molar-refractivity contribution is 0.0599. The van der Waals surface area contributed by atoms with Crippen molar-refractivity contribution < 1.29 is 9.53 Å². The molecule has 0 radical (unpaired) electrons. The smallest absolute Gasteiger partial charge is 0.339 e. The largest absolute Gasteiger partial charge is 0.465 e. The average Bonchev–Trinajstić information content (AvgIpc) is 2.26. The van der Waals surface area contributed by atoms with Gasteiger partial charge in [-0.2, -0.15) is 5.26 Å². The molecule has 3 nitrogen and oxygen atoms in total. The third-order valence-corrected chi connectivity index (χ3v) is 2.66. The Balaban J connectivity index is 3.45. The van der Waals surface area contributed by atoms with Crippen molar-refractivity contribution in [1.82, 2.24) is 0 Å². The van der Waals surface area contributed by atoms with Gasteiger partial charge in [-0.25, -0.2) is 4.79 Å². The van der Waals surface area contributed by atoms with Crippen LogP contribution in [0.4, 0.5) is 0 Å². The second kappa shape index (κ2) is 5.15. The highest BCUT2D eigenvalue weighted by Gasteiger charge is 2.17. The molecule has 15 heavy (non-hydrogen) atoms. The minimum Gasteiger partial charge on any atom is -0.465 e. The first kappa shape index (κ1) is 12.0. The molecule has 0 N–H and O–H groups in total. The second-order valence-corrected chi connectivity index (χ2v) is 3.72. The van der Waals surface area contributed by atoms with Crippen LogP contribution in [0.15, 0.2) is 12.1 Å². The number of esters is 1. The highest BCUT2D eigenvalue weighted by molar-refractivity contribution is 9.08. The van der Waals surface area contributed by atoms with Gasteiger partial charge >= 0.3 is 5.97 Å². The summed E-state index contributed by atoms with van der Waals surface area (Å²) in [6, 6.07) is 4.99. The quantitative estimate of drug-likeness (QED) is 0.621. The number of carbonyl (C=O) groups is 1. The molecule has 0 aromatic heterocycles. The zero-order chi connectivity index (χ0) is 11.4. The van der Waals surface area contributed by atoms with E-state index < -0.39 is 5.97 Å². The van der Waals surface area contributed by atoms with Gasteiger partial charge in [-0.1, -0.05) is 27.5 Å². The predicted octanol–water partition coefficient (Wildman–Crippen LogP) is 2.89. The first-order valence-corrected chi connectivity index (χ1v) is 5.50. The van der Waals surface area contributed by atoms with Gasteiger partial charge in [0.05, 0.1) is 18.2 Å². The molecule has 1 rings (SSSR count). The number of carbonyl (C=O) groups excluding carboxylic acids is 1.